The number of nitrogens with zero attached hydrogens (tertiary/aromatic N) is 1. The Morgan fingerprint density at radius 3 is 1.62 bits per heavy atom. The van der Waals surface area contributed by atoms with Gasteiger partial charge in [-0.25, -0.2) is 0 Å². The third kappa shape index (κ3) is 2.37. The Morgan fingerprint density at radius 2 is 1.24 bits per heavy atom. The summed E-state index contributed by atoms with van der Waals surface area (Å²) in [5, 5.41) is 0. The van der Waals surface area contributed by atoms with Gasteiger partial charge in [0, 0.05) is 5.54 Å². The molecule has 0 amide bonds. The fourth-order valence-corrected chi connectivity index (χ4v) is 5.86. The van der Waals surface area contributed by atoms with Crippen molar-refractivity contribution in [3.05, 3.63) is 59.7 Å². The first-order chi connectivity index (χ1) is 9.91. The monoisotopic (exact) mass is 294 g/mol. The summed E-state index contributed by atoms with van der Waals surface area (Å²) in [4.78, 5) is 0. The zero-order valence-corrected chi connectivity index (χ0v) is 14.6. The van der Waals surface area contributed by atoms with Gasteiger partial charge in [-0.1, -0.05) is 61.6 Å². The van der Waals surface area contributed by atoms with E-state index in [9.17, 15) is 0 Å². The second kappa shape index (κ2) is 5.11. The van der Waals surface area contributed by atoms with E-state index in [-0.39, 0.29) is 5.54 Å². The van der Waals surface area contributed by atoms with E-state index < -0.39 is 8.96 Å². The fraction of sp³-hybridized carbons (Fsp3) is 0.368. The number of benzene rings is 2. The van der Waals surface area contributed by atoms with Crippen molar-refractivity contribution in [2.45, 2.75) is 45.4 Å². The standard InChI is InChI=1S/C19H24NSi/c1-19(2,3)20(21(4)5)18-16-12-8-6-10-14(16)15-11-7-9-13-17(15)18/h6-13,18H,1-5H3. The van der Waals surface area contributed by atoms with E-state index in [0.29, 0.717) is 6.04 Å². The molecule has 0 saturated carbocycles. The Hall–Kier alpha value is -1.38. The number of rotatable bonds is 2. The maximum absolute atomic E-state index is 2.74. The molecule has 1 nitrogen and oxygen atoms in total. The molecule has 109 valence electrons. The Bertz CT molecular complexity index is 609. The highest BCUT2D eigenvalue weighted by Gasteiger charge is 2.38. The lowest BCUT2D eigenvalue weighted by molar-refractivity contribution is 0.212. The van der Waals surface area contributed by atoms with E-state index in [1.54, 1.807) is 0 Å². The van der Waals surface area contributed by atoms with Crippen molar-refractivity contribution in [3.8, 4) is 11.1 Å². The van der Waals surface area contributed by atoms with Crippen LogP contribution in [0.3, 0.4) is 0 Å². The highest BCUT2D eigenvalue weighted by Crippen LogP contribution is 2.48. The first kappa shape index (κ1) is 14.5. The zero-order valence-electron chi connectivity index (χ0n) is 13.6. The first-order valence-corrected chi connectivity index (χ1v) is 10.1. The zero-order chi connectivity index (χ0) is 15.2. The second-order valence-electron chi connectivity index (χ2n) is 7.07. The lowest BCUT2D eigenvalue weighted by Crippen LogP contribution is -2.50. The quantitative estimate of drug-likeness (QED) is 0.696. The predicted octanol–water partition coefficient (Wildman–Crippen LogP) is 5.11. The van der Waals surface area contributed by atoms with Crippen LogP contribution in [0.1, 0.15) is 37.9 Å². The van der Waals surface area contributed by atoms with Crippen LogP contribution in [0.15, 0.2) is 48.5 Å². The summed E-state index contributed by atoms with van der Waals surface area (Å²) in [6.07, 6.45) is 0. The maximum Gasteiger partial charge on any atom is 0.131 e. The van der Waals surface area contributed by atoms with Crippen molar-refractivity contribution in [2.24, 2.45) is 0 Å². The van der Waals surface area contributed by atoms with Crippen molar-refractivity contribution in [2.75, 3.05) is 0 Å². The first-order valence-electron chi connectivity index (χ1n) is 7.69. The van der Waals surface area contributed by atoms with Gasteiger partial charge in [-0.3, -0.25) is 0 Å². The van der Waals surface area contributed by atoms with E-state index in [4.69, 9.17) is 0 Å². The normalized spacial score (nSPS) is 14.6. The van der Waals surface area contributed by atoms with Crippen LogP contribution in [-0.4, -0.2) is 19.1 Å². The summed E-state index contributed by atoms with van der Waals surface area (Å²) in [5.41, 5.74) is 5.94. The van der Waals surface area contributed by atoms with Gasteiger partial charge in [0.05, 0.1) is 6.04 Å². The Labute approximate surface area is 130 Å². The third-order valence-electron chi connectivity index (χ3n) is 4.26. The molecular formula is C19H24NSi. The Morgan fingerprint density at radius 1 is 0.810 bits per heavy atom. The topological polar surface area (TPSA) is 3.24 Å². The SMILES string of the molecule is C[Si](C)N(C1c2ccccc2-c2ccccc21)C(C)(C)C. The van der Waals surface area contributed by atoms with Crippen molar-refractivity contribution in [1.29, 1.82) is 0 Å². The molecule has 0 fully saturated rings. The number of hydrogen-bond donors (Lipinski definition) is 0. The lowest BCUT2D eigenvalue weighted by atomic mass is 10.00. The van der Waals surface area contributed by atoms with Crippen molar-refractivity contribution in [3.63, 3.8) is 0 Å². The molecule has 3 rings (SSSR count). The molecule has 1 aliphatic rings. The van der Waals surface area contributed by atoms with Crippen molar-refractivity contribution >= 4 is 8.96 Å². The van der Waals surface area contributed by atoms with Gasteiger partial charge in [-0.05, 0) is 43.0 Å². The van der Waals surface area contributed by atoms with Gasteiger partial charge >= 0.3 is 0 Å². The minimum Gasteiger partial charge on any atom is -0.310 e. The molecule has 0 heterocycles. The molecule has 1 radical (unpaired) electrons. The fourth-order valence-electron chi connectivity index (χ4n) is 3.72. The molecule has 2 heteroatoms. The Balaban J connectivity index is 2.23. The van der Waals surface area contributed by atoms with Crippen LogP contribution in [0.4, 0.5) is 0 Å². The van der Waals surface area contributed by atoms with E-state index in [1.807, 2.05) is 0 Å². The van der Waals surface area contributed by atoms with E-state index in [2.05, 4.69) is 87.0 Å². The summed E-state index contributed by atoms with van der Waals surface area (Å²) >= 11 is 0. The summed E-state index contributed by atoms with van der Waals surface area (Å²) < 4.78 is 2.74. The third-order valence-corrected chi connectivity index (χ3v) is 6.16. The maximum atomic E-state index is 2.74. The summed E-state index contributed by atoms with van der Waals surface area (Å²) in [6.45, 7) is 11.8. The summed E-state index contributed by atoms with van der Waals surface area (Å²) in [7, 11) is -0.563. The largest absolute Gasteiger partial charge is 0.310 e. The van der Waals surface area contributed by atoms with Crippen LogP contribution < -0.4 is 0 Å². The predicted molar refractivity (Wildman–Crippen MR) is 92.8 cm³/mol. The van der Waals surface area contributed by atoms with E-state index >= 15 is 0 Å². The highest BCUT2D eigenvalue weighted by atomic mass is 28.3. The van der Waals surface area contributed by atoms with Gasteiger partial charge in [0.25, 0.3) is 0 Å². The molecule has 0 atom stereocenters. The molecule has 2 aromatic carbocycles. The van der Waals surface area contributed by atoms with E-state index in [1.165, 1.54) is 22.3 Å². The smallest absolute Gasteiger partial charge is 0.131 e. The highest BCUT2D eigenvalue weighted by molar-refractivity contribution is 6.53. The molecule has 0 saturated heterocycles. The molecule has 0 aromatic heterocycles. The molecule has 2 aromatic rings. The minimum atomic E-state index is -0.563. The molecular weight excluding hydrogens is 270 g/mol. The minimum absolute atomic E-state index is 0.174. The molecule has 0 aliphatic heterocycles. The van der Waals surface area contributed by atoms with Gasteiger partial charge < -0.3 is 4.57 Å². The molecule has 0 spiro atoms. The molecule has 0 unspecified atom stereocenters. The van der Waals surface area contributed by atoms with Gasteiger partial charge in [0.15, 0.2) is 0 Å². The van der Waals surface area contributed by atoms with Crippen LogP contribution in [0.5, 0.6) is 0 Å². The second-order valence-corrected chi connectivity index (χ2v) is 9.44. The van der Waals surface area contributed by atoms with Crippen LogP contribution in [0.25, 0.3) is 11.1 Å². The molecule has 1 aliphatic carbocycles. The van der Waals surface area contributed by atoms with Gasteiger partial charge in [0.2, 0.25) is 0 Å². The lowest BCUT2D eigenvalue weighted by Gasteiger charge is -2.43. The van der Waals surface area contributed by atoms with Crippen LogP contribution >= 0.6 is 0 Å². The van der Waals surface area contributed by atoms with E-state index in [0.717, 1.165) is 0 Å². The van der Waals surface area contributed by atoms with Crippen molar-refractivity contribution in [1.82, 2.24) is 4.57 Å². The van der Waals surface area contributed by atoms with Gasteiger partial charge in [-0.15, -0.1) is 0 Å². The number of fused-ring (bicyclic) bond motifs is 3. The van der Waals surface area contributed by atoms with Gasteiger partial charge in [0.1, 0.15) is 8.96 Å². The van der Waals surface area contributed by atoms with Gasteiger partial charge in [-0.2, -0.15) is 0 Å². The Kier molecular flexibility index (Phi) is 3.54. The van der Waals surface area contributed by atoms with Crippen LogP contribution in [0, 0.1) is 0 Å². The number of hydrogen-bond acceptors (Lipinski definition) is 1. The summed E-state index contributed by atoms with van der Waals surface area (Å²) in [6, 6.07) is 18.2. The van der Waals surface area contributed by atoms with Crippen LogP contribution in [0.2, 0.25) is 13.1 Å². The van der Waals surface area contributed by atoms with Crippen LogP contribution in [-0.2, 0) is 0 Å². The summed E-state index contributed by atoms with van der Waals surface area (Å²) in [5.74, 6) is 0. The molecule has 0 bridgehead atoms. The molecule has 21 heavy (non-hydrogen) atoms. The molecule has 0 N–H and O–H groups in total. The average Bonchev–Trinajstić information content (AvgIpc) is 2.73. The van der Waals surface area contributed by atoms with Crippen molar-refractivity contribution < 1.29 is 0 Å². The average molecular weight is 294 g/mol.